The maximum Gasteiger partial charge on any atom is 0.333 e. The first-order valence-corrected chi connectivity index (χ1v) is 5.99. The Balaban J connectivity index is 1.89. The number of carbonyl (C=O) groups excluding carboxylic acids is 1. The molecule has 1 saturated carbocycles. The fraction of sp³-hybridized carbons (Fsp3) is 0.909. The van der Waals surface area contributed by atoms with Crippen LogP contribution >= 0.6 is 0 Å². The molecule has 0 bridgehead atoms. The first-order valence-electron chi connectivity index (χ1n) is 5.99. The SMILES string of the molecule is CC(C)CCN1NC2(CCCC2)NC1=O. The van der Waals surface area contributed by atoms with Crippen LogP contribution in [0.1, 0.15) is 46.0 Å². The summed E-state index contributed by atoms with van der Waals surface area (Å²) in [6.07, 6.45) is 5.61. The van der Waals surface area contributed by atoms with Gasteiger partial charge in [0.2, 0.25) is 0 Å². The molecule has 2 rings (SSSR count). The quantitative estimate of drug-likeness (QED) is 0.748. The van der Waals surface area contributed by atoms with E-state index in [1.54, 1.807) is 5.01 Å². The average molecular weight is 211 g/mol. The molecule has 1 aliphatic carbocycles. The first-order chi connectivity index (χ1) is 7.11. The van der Waals surface area contributed by atoms with E-state index < -0.39 is 0 Å². The van der Waals surface area contributed by atoms with Gasteiger partial charge in [0, 0.05) is 6.54 Å². The highest BCUT2D eigenvalue weighted by atomic mass is 16.2. The molecule has 0 atom stereocenters. The molecule has 2 fully saturated rings. The molecule has 86 valence electrons. The summed E-state index contributed by atoms with van der Waals surface area (Å²) < 4.78 is 0. The normalized spacial score (nSPS) is 24.2. The van der Waals surface area contributed by atoms with Crippen molar-refractivity contribution in [1.29, 1.82) is 0 Å². The summed E-state index contributed by atoms with van der Waals surface area (Å²) in [6.45, 7) is 5.17. The molecule has 1 spiro atoms. The van der Waals surface area contributed by atoms with Crippen LogP contribution in [0.5, 0.6) is 0 Å². The molecule has 2 aliphatic rings. The molecule has 15 heavy (non-hydrogen) atoms. The number of hydrogen-bond donors (Lipinski definition) is 2. The summed E-state index contributed by atoms with van der Waals surface area (Å²) in [5.74, 6) is 0.639. The minimum Gasteiger partial charge on any atom is -0.317 e. The molecule has 1 saturated heterocycles. The zero-order valence-electron chi connectivity index (χ0n) is 9.68. The lowest BCUT2D eigenvalue weighted by Crippen LogP contribution is -2.48. The van der Waals surface area contributed by atoms with Crippen molar-refractivity contribution in [3.05, 3.63) is 0 Å². The average Bonchev–Trinajstić information content (AvgIpc) is 2.72. The van der Waals surface area contributed by atoms with Crippen LogP contribution in [0, 0.1) is 5.92 Å². The number of rotatable bonds is 3. The Morgan fingerprint density at radius 3 is 2.67 bits per heavy atom. The van der Waals surface area contributed by atoms with Gasteiger partial charge in [-0.05, 0) is 38.0 Å². The van der Waals surface area contributed by atoms with E-state index in [2.05, 4.69) is 24.6 Å². The van der Waals surface area contributed by atoms with Crippen molar-refractivity contribution in [2.45, 2.75) is 51.6 Å². The third-order valence-electron chi connectivity index (χ3n) is 3.33. The molecule has 0 radical (unpaired) electrons. The van der Waals surface area contributed by atoms with Crippen molar-refractivity contribution >= 4 is 6.03 Å². The second-order valence-corrected chi connectivity index (χ2v) is 5.17. The summed E-state index contributed by atoms with van der Waals surface area (Å²) in [6, 6.07) is 0.0533. The van der Waals surface area contributed by atoms with Crippen LogP contribution < -0.4 is 10.7 Å². The lowest BCUT2D eigenvalue weighted by atomic mass is 10.1. The third kappa shape index (κ3) is 2.25. The Kier molecular flexibility index (Phi) is 2.87. The molecule has 0 unspecified atom stereocenters. The minimum atomic E-state index is -0.103. The zero-order chi connectivity index (χ0) is 10.9. The maximum absolute atomic E-state index is 11.7. The number of nitrogens with zero attached hydrogens (tertiary/aromatic N) is 1. The molecule has 0 aromatic carbocycles. The van der Waals surface area contributed by atoms with Gasteiger partial charge in [0.15, 0.2) is 0 Å². The number of amides is 2. The van der Waals surface area contributed by atoms with Gasteiger partial charge in [-0.3, -0.25) is 5.01 Å². The van der Waals surface area contributed by atoms with Crippen molar-refractivity contribution in [2.75, 3.05) is 6.54 Å². The molecule has 4 nitrogen and oxygen atoms in total. The predicted octanol–water partition coefficient (Wildman–Crippen LogP) is 1.83. The Morgan fingerprint density at radius 1 is 1.40 bits per heavy atom. The Labute approximate surface area is 91.4 Å². The molecule has 2 amide bonds. The van der Waals surface area contributed by atoms with Gasteiger partial charge in [0.25, 0.3) is 0 Å². The van der Waals surface area contributed by atoms with Crippen molar-refractivity contribution < 1.29 is 4.79 Å². The highest BCUT2D eigenvalue weighted by Crippen LogP contribution is 2.30. The summed E-state index contributed by atoms with van der Waals surface area (Å²) in [4.78, 5) is 11.7. The van der Waals surface area contributed by atoms with E-state index in [9.17, 15) is 4.79 Å². The van der Waals surface area contributed by atoms with Gasteiger partial charge in [-0.2, -0.15) is 0 Å². The highest BCUT2D eigenvalue weighted by molar-refractivity contribution is 5.76. The zero-order valence-corrected chi connectivity index (χ0v) is 9.68. The smallest absolute Gasteiger partial charge is 0.317 e. The van der Waals surface area contributed by atoms with E-state index in [1.165, 1.54) is 12.8 Å². The van der Waals surface area contributed by atoms with Gasteiger partial charge in [-0.15, -0.1) is 0 Å². The number of urea groups is 1. The Hall–Kier alpha value is -0.770. The lowest BCUT2D eigenvalue weighted by molar-refractivity contribution is 0.178. The molecule has 0 aromatic rings. The molecule has 1 aliphatic heterocycles. The van der Waals surface area contributed by atoms with Crippen molar-refractivity contribution in [3.8, 4) is 0 Å². The van der Waals surface area contributed by atoms with Crippen LogP contribution in [0.3, 0.4) is 0 Å². The van der Waals surface area contributed by atoms with E-state index in [4.69, 9.17) is 0 Å². The van der Waals surface area contributed by atoms with Gasteiger partial charge in [-0.1, -0.05) is 13.8 Å². The van der Waals surface area contributed by atoms with Gasteiger partial charge in [-0.25, -0.2) is 10.2 Å². The second-order valence-electron chi connectivity index (χ2n) is 5.17. The van der Waals surface area contributed by atoms with Gasteiger partial charge >= 0.3 is 6.03 Å². The Morgan fingerprint density at radius 2 is 2.07 bits per heavy atom. The fourth-order valence-electron chi connectivity index (χ4n) is 2.37. The lowest BCUT2D eigenvalue weighted by Gasteiger charge is -2.24. The van der Waals surface area contributed by atoms with Gasteiger partial charge in [0.05, 0.1) is 0 Å². The van der Waals surface area contributed by atoms with Crippen LogP contribution in [0.25, 0.3) is 0 Å². The monoisotopic (exact) mass is 211 g/mol. The number of carbonyl (C=O) groups is 1. The van der Waals surface area contributed by atoms with Crippen LogP contribution in [0.15, 0.2) is 0 Å². The van der Waals surface area contributed by atoms with E-state index in [0.29, 0.717) is 5.92 Å². The number of nitrogens with one attached hydrogen (secondary N) is 2. The van der Waals surface area contributed by atoms with Crippen LogP contribution in [-0.4, -0.2) is 23.2 Å². The largest absolute Gasteiger partial charge is 0.333 e. The van der Waals surface area contributed by atoms with Crippen LogP contribution in [-0.2, 0) is 0 Å². The summed E-state index contributed by atoms with van der Waals surface area (Å²) in [7, 11) is 0. The standard InChI is InChI=1S/C11H21N3O/c1-9(2)5-8-14-10(15)12-11(13-14)6-3-4-7-11/h9,13H,3-8H2,1-2H3,(H,12,15). The molecular weight excluding hydrogens is 190 g/mol. The molecule has 0 aromatic heterocycles. The van der Waals surface area contributed by atoms with E-state index in [-0.39, 0.29) is 11.7 Å². The second kappa shape index (κ2) is 4.00. The summed E-state index contributed by atoms with van der Waals surface area (Å²) in [5, 5.41) is 4.83. The molecule has 1 heterocycles. The van der Waals surface area contributed by atoms with Gasteiger partial charge in [0.1, 0.15) is 5.66 Å². The topological polar surface area (TPSA) is 44.4 Å². The first kappa shape index (κ1) is 10.7. The van der Waals surface area contributed by atoms with Crippen molar-refractivity contribution in [3.63, 3.8) is 0 Å². The molecular formula is C11H21N3O. The van der Waals surface area contributed by atoms with E-state index in [0.717, 1.165) is 25.8 Å². The third-order valence-corrected chi connectivity index (χ3v) is 3.33. The van der Waals surface area contributed by atoms with E-state index >= 15 is 0 Å². The summed E-state index contributed by atoms with van der Waals surface area (Å²) in [5.41, 5.74) is 3.24. The molecule has 4 heteroatoms. The fourth-order valence-corrected chi connectivity index (χ4v) is 2.37. The van der Waals surface area contributed by atoms with E-state index in [1.807, 2.05) is 0 Å². The Bertz CT molecular complexity index is 246. The minimum absolute atomic E-state index is 0.0533. The van der Waals surface area contributed by atoms with Crippen LogP contribution in [0.2, 0.25) is 0 Å². The van der Waals surface area contributed by atoms with Crippen LogP contribution in [0.4, 0.5) is 4.79 Å². The number of hydrazine groups is 1. The van der Waals surface area contributed by atoms with Crippen molar-refractivity contribution in [2.24, 2.45) is 5.92 Å². The number of hydrogen-bond acceptors (Lipinski definition) is 2. The van der Waals surface area contributed by atoms with Gasteiger partial charge < -0.3 is 5.32 Å². The predicted molar refractivity (Wildman–Crippen MR) is 59.0 cm³/mol. The van der Waals surface area contributed by atoms with Crippen molar-refractivity contribution in [1.82, 2.24) is 15.8 Å². The summed E-state index contributed by atoms with van der Waals surface area (Å²) >= 11 is 0. The molecule has 2 N–H and O–H groups in total. The maximum atomic E-state index is 11.7. The highest BCUT2D eigenvalue weighted by Gasteiger charge is 2.43.